The molecule has 0 bridgehead atoms. The van der Waals surface area contributed by atoms with Gasteiger partial charge in [0.15, 0.2) is 0 Å². The van der Waals surface area contributed by atoms with Crippen LogP contribution in [0.4, 0.5) is 5.69 Å². The highest BCUT2D eigenvalue weighted by molar-refractivity contribution is 7.92. The van der Waals surface area contributed by atoms with Crippen LogP contribution < -0.4 is 9.62 Å². The van der Waals surface area contributed by atoms with Crippen LogP contribution in [-0.4, -0.2) is 33.7 Å². The van der Waals surface area contributed by atoms with Crippen LogP contribution in [0.3, 0.4) is 0 Å². The molecule has 0 aliphatic carbocycles. The van der Waals surface area contributed by atoms with Crippen LogP contribution in [0.5, 0.6) is 0 Å². The first-order valence-corrected chi connectivity index (χ1v) is 10.6. The largest absolute Gasteiger partial charge is 0.356 e. The van der Waals surface area contributed by atoms with Crippen molar-refractivity contribution in [1.29, 1.82) is 0 Å². The van der Waals surface area contributed by atoms with Gasteiger partial charge in [0.1, 0.15) is 0 Å². The second kappa shape index (κ2) is 9.38. The van der Waals surface area contributed by atoms with Gasteiger partial charge in [-0.3, -0.25) is 9.10 Å². The molecular formula is C20H26N2O3S. The Bertz CT molecular complexity index is 820. The van der Waals surface area contributed by atoms with Crippen molar-refractivity contribution in [3.8, 4) is 0 Å². The predicted molar refractivity (Wildman–Crippen MR) is 106 cm³/mol. The lowest BCUT2D eigenvalue weighted by molar-refractivity contribution is -0.121. The fourth-order valence-electron chi connectivity index (χ4n) is 2.77. The maximum absolute atomic E-state index is 12.1. The molecule has 6 heteroatoms. The molecule has 1 N–H and O–H groups in total. The summed E-state index contributed by atoms with van der Waals surface area (Å²) in [4.78, 5) is 12.0. The van der Waals surface area contributed by atoms with Crippen molar-refractivity contribution in [3.63, 3.8) is 0 Å². The molecule has 26 heavy (non-hydrogen) atoms. The summed E-state index contributed by atoms with van der Waals surface area (Å²) in [7, 11) is -3.39. The molecule has 0 heterocycles. The van der Waals surface area contributed by atoms with Crippen LogP contribution in [0.25, 0.3) is 0 Å². The van der Waals surface area contributed by atoms with Gasteiger partial charge in [0.05, 0.1) is 11.9 Å². The van der Waals surface area contributed by atoms with Gasteiger partial charge in [-0.2, -0.15) is 0 Å². The maximum atomic E-state index is 12.1. The highest BCUT2D eigenvalue weighted by atomic mass is 32.2. The van der Waals surface area contributed by atoms with E-state index in [1.807, 2.05) is 55.5 Å². The first-order chi connectivity index (χ1) is 12.4. The molecule has 0 aromatic heterocycles. The molecule has 0 unspecified atom stereocenters. The number of carbonyl (C=O) groups is 1. The lowest BCUT2D eigenvalue weighted by Crippen LogP contribution is -2.33. The lowest BCUT2D eigenvalue weighted by atomic mass is 10.1. The average Bonchev–Trinajstić information content (AvgIpc) is 2.60. The minimum absolute atomic E-state index is 0.0563. The van der Waals surface area contributed by atoms with Gasteiger partial charge in [0.25, 0.3) is 0 Å². The van der Waals surface area contributed by atoms with Crippen molar-refractivity contribution in [3.05, 3.63) is 65.7 Å². The highest BCUT2D eigenvalue weighted by Crippen LogP contribution is 2.22. The number of carbonyl (C=O) groups excluding carboxylic acids is 1. The summed E-state index contributed by atoms with van der Waals surface area (Å²) in [5.41, 5.74) is 2.74. The lowest BCUT2D eigenvalue weighted by Gasteiger charge is -2.24. The summed E-state index contributed by atoms with van der Waals surface area (Å²) in [6.07, 6.45) is 2.75. The third-order valence-corrected chi connectivity index (χ3v) is 5.31. The predicted octanol–water partition coefficient (Wildman–Crippen LogP) is 2.90. The number of aryl methyl sites for hydroxylation is 1. The first kappa shape index (κ1) is 20.0. The van der Waals surface area contributed by atoms with E-state index in [0.717, 1.165) is 12.0 Å². The van der Waals surface area contributed by atoms with Gasteiger partial charge in [0.2, 0.25) is 15.9 Å². The van der Waals surface area contributed by atoms with Crippen LogP contribution in [-0.2, 0) is 21.2 Å². The molecule has 2 aromatic rings. The van der Waals surface area contributed by atoms with Crippen molar-refractivity contribution in [2.24, 2.45) is 0 Å². The van der Waals surface area contributed by atoms with E-state index < -0.39 is 10.0 Å². The standard InChI is InChI=1S/C20H26N2O3S/c1-17-9-6-7-12-19(17)22(26(2,24)25)16-8-13-20(23)21-15-14-18-10-4-3-5-11-18/h3-7,9-12H,8,13-16H2,1-2H3,(H,21,23). The zero-order chi connectivity index (χ0) is 19.0. The smallest absolute Gasteiger partial charge is 0.232 e. The Morgan fingerprint density at radius 2 is 1.69 bits per heavy atom. The van der Waals surface area contributed by atoms with Gasteiger partial charge in [0, 0.05) is 19.5 Å². The fraction of sp³-hybridized carbons (Fsp3) is 0.350. The molecule has 0 aliphatic rings. The highest BCUT2D eigenvalue weighted by Gasteiger charge is 2.18. The quantitative estimate of drug-likeness (QED) is 0.734. The van der Waals surface area contributed by atoms with E-state index in [4.69, 9.17) is 0 Å². The van der Waals surface area contributed by atoms with E-state index in [9.17, 15) is 13.2 Å². The summed E-state index contributed by atoms with van der Waals surface area (Å²) in [5, 5.41) is 2.89. The van der Waals surface area contributed by atoms with E-state index >= 15 is 0 Å². The molecule has 1 amide bonds. The van der Waals surface area contributed by atoms with Crippen molar-refractivity contribution in [2.75, 3.05) is 23.7 Å². The molecule has 2 aromatic carbocycles. The number of nitrogens with one attached hydrogen (secondary N) is 1. The Labute approximate surface area is 156 Å². The summed E-state index contributed by atoms with van der Waals surface area (Å²) < 4.78 is 25.6. The van der Waals surface area contributed by atoms with E-state index in [0.29, 0.717) is 25.1 Å². The van der Waals surface area contributed by atoms with Crippen molar-refractivity contribution < 1.29 is 13.2 Å². The van der Waals surface area contributed by atoms with E-state index in [1.54, 1.807) is 6.07 Å². The van der Waals surface area contributed by atoms with Crippen molar-refractivity contribution >= 4 is 21.6 Å². The van der Waals surface area contributed by atoms with Gasteiger partial charge in [-0.1, -0.05) is 48.5 Å². The number of benzene rings is 2. The molecule has 2 rings (SSSR count). The molecule has 0 spiro atoms. The molecule has 0 saturated heterocycles. The third kappa shape index (κ3) is 6.19. The van der Waals surface area contributed by atoms with Crippen molar-refractivity contribution in [2.45, 2.75) is 26.2 Å². The van der Waals surface area contributed by atoms with Crippen LogP contribution >= 0.6 is 0 Å². The maximum Gasteiger partial charge on any atom is 0.232 e. The Balaban J connectivity index is 1.82. The number of anilines is 1. The van der Waals surface area contributed by atoms with Gasteiger partial charge in [-0.05, 0) is 37.0 Å². The fourth-order valence-corrected chi connectivity index (χ4v) is 3.79. The Morgan fingerprint density at radius 1 is 1.04 bits per heavy atom. The topological polar surface area (TPSA) is 66.5 Å². The molecule has 0 atom stereocenters. The van der Waals surface area contributed by atoms with Gasteiger partial charge < -0.3 is 5.32 Å². The van der Waals surface area contributed by atoms with Crippen LogP contribution in [0.2, 0.25) is 0 Å². The minimum atomic E-state index is -3.39. The third-order valence-electron chi connectivity index (χ3n) is 4.13. The average molecular weight is 375 g/mol. The van der Waals surface area contributed by atoms with Crippen LogP contribution in [0.1, 0.15) is 24.0 Å². The number of hydrogen-bond acceptors (Lipinski definition) is 3. The van der Waals surface area contributed by atoms with Crippen molar-refractivity contribution in [1.82, 2.24) is 5.32 Å². The second-order valence-electron chi connectivity index (χ2n) is 6.31. The number of para-hydroxylation sites is 1. The molecule has 140 valence electrons. The first-order valence-electron chi connectivity index (χ1n) is 8.72. The Morgan fingerprint density at radius 3 is 2.35 bits per heavy atom. The normalized spacial score (nSPS) is 11.2. The summed E-state index contributed by atoms with van der Waals surface area (Å²) in [6, 6.07) is 17.3. The van der Waals surface area contributed by atoms with Crippen LogP contribution in [0.15, 0.2) is 54.6 Å². The zero-order valence-corrected chi connectivity index (χ0v) is 16.1. The number of nitrogens with zero attached hydrogens (tertiary/aromatic N) is 1. The monoisotopic (exact) mass is 374 g/mol. The number of rotatable bonds is 9. The summed E-state index contributed by atoms with van der Waals surface area (Å²) in [6.45, 7) is 2.75. The Kier molecular flexibility index (Phi) is 7.21. The minimum Gasteiger partial charge on any atom is -0.356 e. The Hall–Kier alpha value is -2.34. The van der Waals surface area contributed by atoms with E-state index in [-0.39, 0.29) is 12.5 Å². The molecule has 0 aliphatic heterocycles. The molecule has 5 nitrogen and oxygen atoms in total. The molecule has 0 saturated carbocycles. The number of amides is 1. The molecular weight excluding hydrogens is 348 g/mol. The zero-order valence-electron chi connectivity index (χ0n) is 15.3. The summed E-state index contributed by atoms with van der Waals surface area (Å²) >= 11 is 0. The van der Waals surface area contributed by atoms with Gasteiger partial charge in [-0.15, -0.1) is 0 Å². The van der Waals surface area contributed by atoms with Gasteiger partial charge >= 0.3 is 0 Å². The second-order valence-corrected chi connectivity index (χ2v) is 8.22. The van der Waals surface area contributed by atoms with E-state index in [2.05, 4.69) is 5.32 Å². The van der Waals surface area contributed by atoms with Gasteiger partial charge in [-0.25, -0.2) is 8.42 Å². The SMILES string of the molecule is Cc1ccccc1N(CCCC(=O)NCCc1ccccc1)S(C)(=O)=O. The molecule has 0 radical (unpaired) electrons. The van der Waals surface area contributed by atoms with Crippen LogP contribution in [0, 0.1) is 6.92 Å². The number of hydrogen-bond donors (Lipinski definition) is 1. The summed E-state index contributed by atoms with van der Waals surface area (Å²) in [5.74, 6) is -0.0563. The number of sulfonamides is 1. The van der Waals surface area contributed by atoms with E-state index in [1.165, 1.54) is 16.1 Å². The molecule has 0 fully saturated rings.